The first kappa shape index (κ1) is 14.1. The van der Waals surface area contributed by atoms with E-state index < -0.39 is 6.04 Å². The van der Waals surface area contributed by atoms with Gasteiger partial charge < -0.3 is 5.73 Å². The summed E-state index contributed by atoms with van der Waals surface area (Å²) in [5.74, 6) is -0.240. The minimum Gasteiger partial charge on any atom is -0.320 e. The van der Waals surface area contributed by atoms with E-state index >= 15 is 0 Å². The fraction of sp³-hybridized carbons (Fsp3) is 0.286. The highest BCUT2D eigenvalue weighted by Crippen LogP contribution is 2.11. The Hall–Kier alpha value is -2.34. The van der Waals surface area contributed by atoms with Gasteiger partial charge in [0, 0.05) is 18.0 Å². The summed E-state index contributed by atoms with van der Waals surface area (Å²) in [6.45, 7) is 3.77. The summed E-state index contributed by atoms with van der Waals surface area (Å²) in [7, 11) is 0. The second-order valence-electron chi connectivity index (χ2n) is 4.78. The zero-order valence-electron chi connectivity index (χ0n) is 11.4. The highest BCUT2D eigenvalue weighted by molar-refractivity contribution is 5.96. The van der Waals surface area contributed by atoms with Crippen molar-refractivity contribution < 1.29 is 4.79 Å². The Morgan fingerprint density at radius 3 is 2.85 bits per heavy atom. The fourth-order valence-corrected chi connectivity index (χ4v) is 1.66. The van der Waals surface area contributed by atoms with E-state index in [1.54, 1.807) is 18.6 Å². The predicted molar refractivity (Wildman–Crippen MR) is 78.1 cm³/mol. The minimum absolute atomic E-state index is 0.0635. The lowest BCUT2D eigenvalue weighted by Gasteiger charge is -2.12. The first-order valence-corrected chi connectivity index (χ1v) is 6.38. The maximum absolute atomic E-state index is 11.7. The minimum atomic E-state index is -0.570. The average molecular weight is 271 g/mol. The van der Waals surface area contributed by atoms with E-state index in [-0.39, 0.29) is 11.8 Å². The molecule has 1 aromatic carbocycles. The van der Waals surface area contributed by atoms with E-state index in [9.17, 15) is 4.79 Å². The number of rotatable bonds is 4. The number of hydrogen-bond donors (Lipinski definition) is 2. The van der Waals surface area contributed by atoms with Gasteiger partial charge in [0.2, 0.25) is 0 Å². The largest absolute Gasteiger partial charge is 0.320 e. The van der Waals surface area contributed by atoms with Gasteiger partial charge in [0.1, 0.15) is 0 Å². The van der Waals surface area contributed by atoms with Crippen molar-refractivity contribution in [1.29, 1.82) is 0 Å². The van der Waals surface area contributed by atoms with E-state index in [1.165, 1.54) is 0 Å². The molecule has 6 nitrogen and oxygen atoms in total. The van der Waals surface area contributed by atoms with E-state index in [4.69, 9.17) is 5.73 Å². The molecule has 0 bridgehead atoms. The van der Waals surface area contributed by atoms with Crippen LogP contribution in [0.25, 0.3) is 11.0 Å². The highest BCUT2D eigenvalue weighted by Gasteiger charge is 2.16. The monoisotopic (exact) mass is 271 g/mol. The Morgan fingerprint density at radius 2 is 2.10 bits per heavy atom. The van der Waals surface area contributed by atoms with Crippen LogP contribution in [0.5, 0.6) is 0 Å². The zero-order chi connectivity index (χ0) is 14.5. The van der Waals surface area contributed by atoms with Crippen molar-refractivity contribution in [3.63, 3.8) is 0 Å². The molecule has 1 heterocycles. The van der Waals surface area contributed by atoms with E-state index in [1.807, 2.05) is 32.0 Å². The number of carbonyl (C=O) groups is 1. The summed E-state index contributed by atoms with van der Waals surface area (Å²) in [6.07, 6.45) is 4.79. The van der Waals surface area contributed by atoms with Gasteiger partial charge in [0.25, 0.3) is 5.91 Å². The molecule has 0 aliphatic heterocycles. The number of fused-ring (bicyclic) bond motifs is 1. The van der Waals surface area contributed by atoms with Crippen molar-refractivity contribution in [2.24, 2.45) is 16.8 Å². The topological polar surface area (TPSA) is 93.3 Å². The van der Waals surface area contributed by atoms with Gasteiger partial charge in [-0.1, -0.05) is 26.0 Å². The number of carbonyl (C=O) groups excluding carboxylic acids is 1. The van der Waals surface area contributed by atoms with Crippen LogP contribution in [-0.2, 0) is 4.79 Å². The molecule has 0 aliphatic rings. The van der Waals surface area contributed by atoms with Crippen LogP contribution in [-0.4, -0.2) is 28.1 Å². The van der Waals surface area contributed by atoms with Crippen LogP contribution in [0.2, 0.25) is 0 Å². The molecule has 0 fully saturated rings. The fourth-order valence-electron chi connectivity index (χ4n) is 1.66. The number of para-hydroxylation sites is 1. The van der Waals surface area contributed by atoms with Crippen molar-refractivity contribution in [1.82, 2.24) is 15.4 Å². The Kier molecular flexibility index (Phi) is 4.37. The van der Waals surface area contributed by atoms with E-state index in [0.29, 0.717) is 0 Å². The number of aromatic nitrogens is 2. The average Bonchev–Trinajstić information content (AvgIpc) is 2.46. The normalized spacial score (nSPS) is 13.0. The van der Waals surface area contributed by atoms with Crippen LogP contribution in [0.1, 0.15) is 19.4 Å². The number of hydrogen-bond acceptors (Lipinski definition) is 5. The third kappa shape index (κ3) is 3.16. The SMILES string of the molecule is CC(C)C(N)C(=O)NN=Cc1cccc2nccnc12. The van der Waals surface area contributed by atoms with Crippen LogP contribution < -0.4 is 11.2 Å². The van der Waals surface area contributed by atoms with Gasteiger partial charge in [-0.3, -0.25) is 14.8 Å². The van der Waals surface area contributed by atoms with Gasteiger partial charge in [-0.25, -0.2) is 5.43 Å². The molecule has 1 amide bonds. The number of nitrogens with two attached hydrogens (primary N) is 1. The molecule has 0 aliphatic carbocycles. The number of nitrogens with one attached hydrogen (secondary N) is 1. The molecule has 104 valence electrons. The van der Waals surface area contributed by atoms with Gasteiger partial charge in [-0.2, -0.15) is 5.10 Å². The molecular weight excluding hydrogens is 254 g/mol. The molecule has 1 atom stereocenters. The molecular formula is C14H17N5O. The summed E-state index contributed by atoms with van der Waals surface area (Å²) in [5.41, 5.74) is 10.5. The zero-order valence-corrected chi connectivity index (χ0v) is 11.4. The van der Waals surface area contributed by atoms with Crippen molar-refractivity contribution in [3.05, 3.63) is 36.2 Å². The van der Waals surface area contributed by atoms with Gasteiger partial charge in [-0.15, -0.1) is 0 Å². The van der Waals surface area contributed by atoms with E-state index in [0.717, 1.165) is 16.6 Å². The van der Waals surface area contributed by atoms with Crippen LogP contribution in [0.4, 0.5) is 0 Å². The van der Waals surface area contributed by atoms with Gasteiger partial charge in [0.15, 0.2) is 0 Å². The summed E-state index contributed by atoms with van der Waals surface area (Å²) >= 11 is 0. The molecule has 3 N–H and O–H groups in total. The highest BCUT2D eigenvalue weighted by atomic mass is 16.2. The summed E-state index contributed by atoms with van der Waals surface area (Å²) in [6, 6.07) is 5.02. The van der Waals surface area contributed by atoms with Crippen molar-refractivity contribution >= 4 is 23.2 Å². The van der Waals surface area contributed by atoms with Gasteiger partial charge in [-0.05, 0) is 12.0 Å². The van der Waals surface area contributed by atoms with Crippen molar-refractivity contribution in [3.8, 4) is 0 Å². The summed E-state index contributed by atoms with van der Waals surface area (Å²) < 4.78 is 0. The maximum Gasteiger partial charge on any atom is 0.257 e. The second-order valence-corrected chi connectivity index (χ2v) is 4.78. The lowest BCUT2D eigenvalue weighted by Crippen LogP contribution is -2.42. The Labute approximate surface area is 117 Å². The Bertz CT molecular complexity index is 633. The number of amides is 1. The molecule has 0 saturated carbocycles. The number of benzene rings is 1. The van der Waals surface area contributed by atoms with Crippen molar-refractivity contribution in [2.45, 2.75) is 19.9 Å². The van der Waals surface area contributed by atoms with Gasteiger partial charge >= 0.3 is 0 Å². The Morgan fingerprint density at radius 1 is 1.35 bits per heavy atom. The van der Waals surface area contributed by atoms with Crippen LogP contribution >= 0.6 is 0 Å². The molecule has 2 rings (SSSR count). The Balaban J connectivity index is 2.13. The summed E-state index contributed by atoms with van der Waals surface area (Å²) in [5, 5.41) is 3.92. The van der Waals surface area contributed by atoms with Crippen LogP contribution in [0.15, 0.2) is 35.7 Å². The lowest BCUT2D eigenvalue weighted by atomic mass is 10.1. The summed E-state index contributed by atoms with van der Waals surface area (Å²) in [4.78, 5) is 20.1. The lowest BCUT2D eigenvalue weighted by molar-refractivity contribution is -0.123. The maximum atomic E-state index is 11.7. The molecule has 1 unspecified atom stereocenters. The standard InChI is InChI=1S/C14H17N5O/c1-9(2)12(15)14(20)19-18-8-10-4-3-5-11-13(10)17-7-6-16-11/h3-9,12H,15H2,1-2H3,(H,19,20). The first-order valence-electron chi connectivity index (χ1n) is 6.38. The van der Waals surface area contributed by atoms with E-state index in [2.05, 4.69) is 20.5 Å². The number of nitrogens with zero attached hydrogens (tertiary/aromatic N) is 3. The molecule has 6 heteroatoms. The predicted octanol–water partition coefficient (Wildman–Crippen LogP) is 1.06. The second kappa shape index (κ2) is 6.21. The molecule has 0 radical (unpaired) electrons. The first-order chi connectivity index (χ1) is 9.59. The smallest absolute Gasteiger partial charge is 0.257 e. The molecule has 1 aromatic heterocycles. The number of hydrazone groups is 1. The quantitative estimate of drug-likeness (QED) is 0.642. The third-order valence-electron chi connectivity index (χ3n) is 2.93. The van der Waals surface area contributed by atoms with Gasteiger partial charge in [0.05, 0.1) is 23.3 Å². The molecule has 2 aromatic rings. The molecule has 0 spiro atoms. The molecule has 20 heavy (non-hydrogen) atoms. The van der Waals surface area contributed by atoms with Crippen molar-refractivity contribution in [2.75, 3.05) is 0 Å². The van der Waals surface area contributed by atoms with Crippen LogP contribution in [0.3, 0.4) is 0 Å². The molecule has 0 saturated heterocycles. The van der Waals surface area contributed by atoms with Crippen LogP contribution in [0, 0.1) is 5.92 Å². The third-order valence-corrected chi connectivity index (χ3v) is 2.93.